The number of rotatable bonds is 4. The van der Waals surface area contributed by atoms with Gasteiger partial charge in [0.15, 0.2) is 0 Å². The highest BCUT2D eigenvalue weighted by atomic mass is 19.3. The first-order valence-corrected chi connectivity index (χ1v) is 5.46. The van der Waals surface area contributed by atoms with Crippen molar-refractivity contribution >= 4 is 5.97 Å². The average molecular weight is 236 g/mol. The van der Waals surface area contributed by atoms with Crippen LogP contribution in [0.1, 0.15) is 33.6 Å². The Balaban J connectivity index is 2.80. The fourth-order valence-electron chi connectivity index (χ4n) is 1.91. The van der Waals surface area contributed by atoms with Crippen molar-refractivity contribution < 1.29 is 23.4 Å². The van der Waals surface area contributed by atoms with Gasteiger partial charge in [-0.25, -0.2) is 8.78 Å². The summed E-state index contributed by atoms with van der Waals surface area (Å²) >= 11 is 0. The highest BCUT2D eigenvalue weighted by Gasteiger charge is 2.48. The monoisotopic (exact) mass is 236 g/mol. The minimum Gasteiger partial charge on any atom is -0.481 e. The van der Waals surface area contributed by atoms with Gasteiger partial charge in [0.2, 0.25) is 0 Å². The molecule has 0 aromatic rings. The minimum absolute atomic E-state index is 0.172. The maximum Gasteiger partial charge on any atom is 0.309 e. The van der Waals surface area contributed by atoms with Crippen LogP contribution in [0.2, 0.25) is 0 Å². The number of aliphatic carboxylic acids is 1. The lowest BCUT2D eigenvalue weighted by Crippen LogP contribution is -2.31. The molecule has 0 amide bonds. The zero-order chi connectivity index (χ0) is 12.5. The van der Waals surface area contributed by atoms with Crippen molar-refractivity contribution in [2.24, 2.45) is 11.3 Å². The Hall–Kier alpha value is -0.710. The van der Waals surface area contributed by atoms with Gasteiger partial charge < -0.3 is 9.84 Å². The average Bonchev–Trinajstić information content (AvgIpc) is 2.62. The first kappa shape index (κ1) is 13.4. The lowest BCUT2D eigenvalue weighted by molar-refractivity contribution is -0.148. The Labute approximate surface area is 93.8 Å². The van der Waals surface area contributed by atoms with E-state index in [4.69, 9.17) is 9.84 Å². The van der Waals surface area contributed by atoms with Crippen LogP contribution in [0.5, 0.6) is 0 Å². The molecule has 1 saturated heterocycles. The van der Waals surface area contributed by atoms with Crippen molar-refractivity contribution in [3.8, 4) is 0 Å². The molecule has 5 heteroatoms. The largest absolute Gasteiger partial charge is 0.481 e. The van der Waals surface area contributed by atoms with Gasteiger partial charge in [-0.15, -0.1) is 0 Å². The van der Waals surface area contributed by atoms with Gasteiger partial charge in [-0.3, -0.25) is 4.79 Å². The van der Waals surface area contributed by atoms with Crippen LogP contribution in [0.4, 0.5) is 8.78 Å². The van der Waals surface area contributed by atoms with Gasteiger partial charge in [-0.2, -0.15) is 0 Å². The van der Waals surface area contributed by atoms with E-state index in [0.29, 0.717) is 0 Å². The molecule has 0 aromatic heterocycles. The molecule has 1 aliphatic heterocycles. The van der Waals surface area contributed by atoms with E-state index in [9.17, 15) is 13.6 Å². The first-order valence-electron chi connectivity index (χ1n) is 5.46. The Morgan fingerprint density at radius 3 is 2.44 bits per heavy atom. The van der Waals surface area contributed by atoms with Crippen LogP contribution in [0.25, 0.3) is 0 Å². The maximum atomic E-state index is 12.6. The van der Waals surface area contributed by atoms with E-state index in [1.54, 1.807) is 0 Å². The molecule has 0 aliphatic carbocycles. The summed E-state index contributed by atoms with van der Waals surface area (Å²) in [6.45, 7) is 5.75. The molecular weight excluding hydrogens is 218 g/mol. The molecule has 1 fully saturated rings. The number of alkyl halides is 2. The molecule has 0 saturated carbocycles. The summed E-state index contributed by atoms with van der Waals surface area (Å²) in [4.78, 5) is 10.9. The number of halogens is 2. The predicted molar refractivity (Wildman–Crippen MR) is 54.5 cm³/mol. The van der Waals surface area contributed by atoms with Gasteiger partial charge in [0.25, 0.3) is 6.43 Å². The van der Waals surface area contributed by atoms with Crippen LogP contribution in [0, 0.1) is 11.3 Å². The van der Waals surface area contributed by atoms with Crippen LogP contribution in [0.15, 0.2) is 0 Å². The Morgan fingerprint density at radius 2 is 2.12 bits per heavy atom. The van der Waals surface area contributed by atoms with E-state index >= 15 is 0 Å². The third-order valence-corrected chi connectivity index (χ3v) is 3.53. The van der Waals surface area contributed by atoms with Gasteiger partial charge >= 0.3 is 5.97 Å². The minimum atomic E-state index is -2.74. The number of carboxylic acids is 1. The quantitative estimate of drug-likeness (QED) is 0.816. The molecule has 1 N–H and O–H groups in total. The fraction of sp³-hybridized carbons (Fsp3) is 0.909. The summed E-state index contributed by atoms with van der Waals surface area (Å²) < 4.78 is 30.5. The van der Waals surface area contributed by atoms with Crippen LogP contribution in [0.3, 0.4) is 0 Å². The molecule has 94 valence electrons. The van der Waals surface area contributed by atoms with Crippen LogP contribution < -0.4 is 0 Å². The number of carboxylic acid groups (broad SMARTS) is 1. The summed E-state index contributed by atoms with van der Waals surface area (Å²) in [6.07, 6.45) is -3.67. The van der Waals surface area contributed by atoms with E-state index in [1.165, 1.54) is 0 Å². The molecule has 3 atom stereocenters. The molecule has 1 aliphatic rings. The van der Waals surface area contributed by atoms with Crippen molar-refractivity contribution in [1.29, 1.82) is 0 Å². The molecule has 1 rings (SSSR count). The van der Waals surface area contributed by atoms with E-state index in [2.05, 4.69) is 0 Å². The second-order valence-corrected chi connectivity index (χ2v) is 4.95. The van der Waals surface area contributed by atoms with Gasteiger partial charge in [-0.05, 0) is 18.3 Å². The third kappa shape index (κ3) is 2.51. The highest BCUT2D eigenvalue weighted by molar-refractivity contribution is 5.71. The highest BCUT2D eigenvalue weighted by Crippen LogP contribution is 2.40. The van der Waals surface area contributed by atoms with E-state index < -0.39 is 30.5 Å². The predicted octanol–water partition coefficient (Wildman–Crippen LogP) is 2.55. The Kier molecular flexibility index (Phi) is 3.88. The van der Waals surface area contributed by atoms with Gasteiger partial charge in [0, 0.05) is 0 Å². The van der Waals surface area contributed by atoms with Gasteiger partial charge in [0.1, 0.15) is 6.10 Å². The summed E-state index contributed by atoms with van der Waals surface area (Å²) in [6, 6.07) is 0. The van der Waals surface area contributed by atoms with Crippen LogP contribution in [-0.2, 0) is 9.53 Å². The Morgan fingerprint density at radius 1 is 1.56 bits per heavy atom. The van der Waals surface area contributed by atoms with E-state index in [0.717, 1.165) is 6.42 Å². The van der Waals surface area contributed by atoms with Crippen LogP contribution >= 0.6 is 0 Å². The lowest BCUT2D eigenvalue weighted by Gasteiger charge is -2.29. The smallest absolute Gasteiger partial charge is 0.309 e. The summed E-state index contributed by atoms with van der Waals surface area (Å²) in [5.74, 6) is -2.28. The van der Waals surface area contributed by atoms with Crippen LogP contribution in [-0.4, -0.2) is 29.7 Å². The summed E-state index contributed by atoms with van der Waals surface area (Å²) in [5, 5.41) is 8.88. The van der Waals surface area contributed by atoms with Crippen molar-refractivity contribution in [2.75, 3.05) is 0 Å². The molecule has 0 spiro atoms. The number of hydrogen-bond donors (Lipinski definition) is 1. The zero-order valence-corrected chi connectivity index (χ0v) is 9.74. The maximum absolute atomic E-state index is 12.6. The first-order chi connectivity index (χ1) is 7.29. The standard InChI is InChI=1S/C11H18F2O3/c1-4-11(2,3)7-5-6(10(14)15)8(16-7)9(12)13/h6-9H,4-5H2,1-3H3,(H,14,15). The second-order valence-electron chi connectivity index (χ2n) is 4.95. The third-order valence-electron chi connectivity index (χ3n) is 3.53. The van der Waals surface area contributed by atoms with Crippen molar-refractivity contribution in [1.82, 2.24) is 0 Å². The number of ether oxygens (including phenoxy) is 1. The Bertz CT molecular complexity index is 266. The van der Waals surface area contributed by atoms with Gasteiger partial charge in [-0.1, -0.05) is 20.8 Å². The molecule has 0 radical (unpaired) electrons. The second kappa shape index (κ2) is 4.65. The number of hydrogen-bond acceptors (Lipinski definition) is 2. The van der Waals surface area contributed by atoms with Crippen molar-refractivity contribution in [2.45, 2.75) is 52.2 Å². The summed E-state index contributed by atoms with van der Waals surface area (Å²) in [5.41, 5.74) is -0.267. The van der Waals surface area contributed by atoms with Crippen molar-refractivity contribution in [3.63, 3.8) is 0 Å². The van der Waals surface area contributed by atoms with Gasteiger partial charge in [0.05, 0.1) is 12.0 Å². The number of carbonyl (C=O) groups is 1. The molecule has 16 heavy (non-hydrogen) atoms. The molecule has 0 bridgehead atoms. The molecule has 1 heterocycles. The molecular formula is C11H18F2O3. The molecule has 3 nitrogen and oxygen atoms in total. The summed E-state index contributed by atoms with van der Waals surface area (Å²) in [7, 11) is 0. The van der Waals surface area contributed by atoms with Crippen molar-refractivity contribution in [3.05, 3.63) is 0 Å². The topological polar surface area (TPSA) is 46.5 Å². The SMILES string of the molecule is CCC(C)(C)C1CC(C(=O)O)C(C(F)F)O1. The van der Waals surface area contributed by atoms with E-state index in [1.807, 2.05) is 20.8 Å². The zero-order valence-electron chi connectivity index (χ0n) is 9.74. The molecule has 3 unspecified atom stereocenters. The molecule has 0 aromatic carbocycles. The normalized spacial score (nSPS) is 31.0. The fourth-order valence-corrected chi connectivity index (χ4v) is 1.91. The lowest BCUT2D eigenvalue weighted by atomic mass is 9.81. The van der Waals surface area contributed by atoms with E-state index in [-0.39, 0.29) is 11.8 Å².